The molecule has 11 heteroatoms. The summed E-state index contributed by atoms with van der Waals surface area (Å²) in [4.78, 5) is 22.5. The van der Waals surface area contributed by atoms with Gasteiger partial charge in [0.25, 0.3) is 0 Å². The summed E-state index contributed by atoms with van der Waals surface area (Å²) in [6.45, 7) is 4.10. The van der Waals surface area contributed by atoms with E-state index in [4.69, 9.17) is 21.7 Å². The van der Waals surface area contributed by atoms with Crippen molar-refractivity contribution in [3.05, 3.63) is 102 Å². The Morgan fingerprint density at radius 3 is 2.58 bits per heavy atom. The standard InChI is InChI=1S/C32H30FN5O3S2/c1-20-15-24(8-10-25(20)37-32(42)38-30(39)16-21-3-6-23(33)7-4-21)41-28-11-12-35-27-17-29(43-31(27)28)26-9-5-22(19-36-26)18-34-13-14-40-2/h3-12,15,17,19,34H,13-14,16,18H2,1-2H3,(H2,37,38,39,42). The second-order valence-electron chi connectivity index (χ2n) is 9.74. The highest BCUT2D eigenvalue weighted by Gasteiger charge is 2.13. The third kappa shape index (κ3) is 8.17. The number of amides is 1. The summed E-state index contributed by atoms with van der Waals surface area (Å²) in [5.41, 5.74) is 5.12. The molecule has 0 fully saturated rings. The maximum absolute atomic E-state index is 13.1. The summed E-state index contributed by atoms with van der Waals surface area (Å²) in [6, 6.07) is 19.3. The summed E-state index contributed by atoms with van der Waals surface area (Å²) in [7, 11) is 1.69. The molecule has 0 radical (unpaired) electrons. The third-order valence-electron chi connectivity index (χ3n) is 6.47. The van der Waals surface area contributed by atoms with Gasteiger partial charge in [-0.05, 0) is 78.3 Å². The predicted molar refractivity (Wildman–Crippen MR) is 172 cm³/mol. The van der Waals surface area contributed by atoms with Gasteiger partial charge >= 0.3 is 0 Å². The van der Waals surface area contributed by atoms with Crippen molar-refractivity contribution < 1.29 is 18.7 Å². The largest absolute Gasteiger partial charge is 0.456 e. The summed E-state index contributed by atoms with van der Waals surface area (Å²) in [5.74, 6) is 0.711. The summed E-state index contributed by atoms with van der Waals surface area (Å²) < 4.78 is 25.4. The molecule has 0 aliphatic heterocycles. The van der Waals surface area contributed by atoms with E-state index in [1.807, 2.05) is 49.5 Å². The van der Waals surface area contributed by atoms with E-state index in [0.717, 1.165) is 50.7 Å². The minimum atomic E-state index is -0.348. The van der Waals surface area contributed by atoms with Crippen molar-refractivity contribution in [1.29, 1.82) is 0 Å². The van der Waals surface area contributed by atoms with Crippen LogP contribution in [0.3, 0.4) is 0 Å². The van der Waals surface area contributed by atoms with Gasteiger partial charge in [0.05, 0.1) is 33.8 Å². The number of nitrogens with one attached hydrogen (secondary N) is 3. The first kappa shape index (κ1) is 30.2. The average molecular weight is 616 g/mol. The first-order chi connectivity index (χ1) is 20.9. The number of rotatable bonds is 11. The smallest absolute Gasteiger partial charge is 0.230 e. The molecular weight excluding hydrogens is 586 g/mol. The van der Waals surface area contributed by atoms with Gasteiger partial charge in [0.1, 0.15) is 17.3 Å². The Labute approximate surface area is 258 Å². The SMILES string of the molecule is COCCNCc1ccc(-c2cc3nccc(Oc4ccc(NC(=S)NC(=O)Cc5ccc(F)cc5)c(C)c4)c3s2)nc1. The van der Waals surface area contributed by atoms with Crippen LogP contribution in [0.4, 0.5) is 10.1 Å². The van der Waals surface area contributed by atoms with E-state index in [1.54, 1.807) is 36.8 Å². The van der Waals surface area contributed by atoms with E-state index in [2.05, 4.69) is 32.0 Å². The molecule has 3 N–H and O–H groups in total. The third-order valence-corrected chi connectivity index (χ3v) is 7.84. The number of carbonyl (C=O) groups excluding carboxylic acids is 1. The minimum absolute atomic E-state index is 0.0901. The van der Waals surface area contributed by atoms with E-state index >= 15 is 0 Å². The Morgan fingerprint density at radius 1 is 1.02 bits per heavy atom. The number of benzene rings is 2. The van der Waals surface area contributed by atoms with Crippen LogP contribution < -0.4 is 20.7 Å². The van der Waals surface area contributed by atoms with Crippen molar-refractivity contribution >= 4 is 50.5 Å². The number of nitrogens with zero attached hydrogens (tertiary/aromatic N) is 2. The van der Waals surface area contributed by atoms with Gasteiger partial charge in [-0.25, -0.2) is 4.39 Å². The highest BCUT2D eigenvalue weighted by Crippen LogP contribution is 2.39. The molecule has 8 nitrogen and oxygen atoms in total. The predicted octanol–water partition coefficient (Wildman–Crippen LogP) is 6.39. The van der Waals surface area contributed by atoms with Crippen LogP contribution in [0.1, 0.15) is 16.7 Å². The fourth-order valence-electron chi connectivity index (χ4n) is 4.28. The fourth-order valence-corrected chi connectivity index (χ4v) is 5.55. The maximum atomic E-state index is 13.1. The normalized spacial score (nSPS) is 11.0. The lowest BCUT2D eigenvalue weighted by molar-refractivity contribution is -0.119. The van der Waals surface area contributed by atoms with Crippen LogP contribution in [-0.4, -0.2) is 41.2 Å². The van der Waals surface area contributed by atoms with Crippen molar-refractivity contribution in [3.63, 3.8) is 0 Å². The van der Waals surface area contributed by atoms with Crippen LogP contribution in [-0.2, 0) is 22.5 Å². The van der Waals surface area contributed by atoms with Crippen molar-refractivity contribution in [2.24, 2.45) is 0 Å². The Balaban J connectivity index is 1.21. The highest BCUT2D eigenvalue weighted by molar-refractivity contribution is 7.80. The lowest BCUT2D eigenvalue weighted by Crippen LogP contribution is -2.35. The van der Waals surface area contributed by atoms with Gasteiger partial charge in [-0.3, -0.25) is 14.8 Å². The zero-order valence-corrected chi connectivity index (χ0v) is 25.3. The number of halogens is 1. The van der Waals surface area contributed by atoms with E-state index in [-0.39, 0.29) is 23.3 Å². The van der Waals surface area contributed by atoms with Crippen LogP contribution in [0.25, 0.3) is 20.8 Å². The van der Waals surface area contributed by atoms with Crippen molar-refractivity contribution in [1.82, 2.24) is 20.6 Å². The van der Waals surface area contributed by atoms with E-state index < -0.39 is 0 Å². The molecule has 0 bridgehead atoms. The topological polar surface area (TPSA) is 97.4 Å². The number of anilines is 1. The molecule has 5 aromatic rings. The van der Waals surface area contributed by atoms with E-state index in [1.165, 1.54) is 12.1 Å². The maximum Gasteiger partial charge on any atom is 0.230 e. The van der Waals surface area contributed by atoms with Crippen molar-refractivity contribution in [2.75, 3.05) is 25.6 Å². The molecule has 3 heterocycles. The quantitative estimate of drug-likeness (QED) is 0.116. The number of aryl methyl sites for hydroxylation is 1. The number of aromatic nitrogens is 2. The van der Waals surface area contributed by atoms with Crippen LogP contribution in [0.15, 0.2) is 79.1 Å². The number of hydrogen-bond donors (Lipinski definition) is 3. The average Bonchev–Trinajstić information content (AvgIpc) is 3.44. The van der Waals surface area contributed by atoms with Gasteiger partial charge < -0.3 is 25.4 Å². The van der Waals surface area contributed by atoms with Crippen LogP contribution in [0.5, 0.6) is 11.5 Å². The van der Waals surface area contributed by atoms with Gasteiger partial charge in [0, 0.05) is 44.3 Å². The molecule has 0 spiro atoms. The Hall–Kier alpha value is -4.29. The van der Waals surface area contributed by atoms with Gasteiger partial charge in [-0.2, -0.15) is 0 Å². The molecule has 220 valence electrons. The number of carbonyl (C=O) groups is 1. The Kier molecular flexibility index (Phi) is 10.0. The fraction of sp³-hybridized carbons (Fsp3) is 0.188. The lowest BCUT2D eigenvalue weighted by Gasteiger charge is -2.13. The Bertz CT molecular complexity index is 1730. The summed E-state index contributed by atoms with van der Waals surface area (Å²) >= 11 is 6.90. The van der Waals surface area contributed by atoms with Crippen molar-refractivity contribution in [3.8, 4) is 22.1 Å². The first-order valence-corrected chi connectivity index (χ1v) is 14.8. The van der Waals surface area contributed by atoms with Gasteiger partial charge in [0.15, 0.2) is 5.11 Å². The summed E-state index contributed by atoms with van der Waals surface area (Å²) in [6.07, 6.45) is 3.70. The molecule has 0 aliphatic rings. The molecule has 0 aliphatic carbocycles. The van der Waals surface area contributed by atoms with Gasteiger partial charge in [0.2, 0.25) is 5.91 Å². The number of ether oxygens (including phenoxy) is 2. The number of thiocarbonyl (C=S) groups is 1. The molecule has 3 aromatic heterocycles. The van der Waals surface area contributed by atoms with Gasteiger partial charge in [-0.15, -0.1) is 11.3 Å². The molecular formula is C32H30FN5O3S2. The minimum Gasteiger partial charge on any atom is -0.456 e. The molecule has 0 unspecified atom stereocenters. The number of fused-ring (bicyclic) bond motifs is 1. The monoisotopic (exact) mass is 615 g/mol. The molecule has 0 saturated heterocycles. The van der Waals surface area contributed by atoms with Crippen LogP contribution in [0.2, 0.25) is 0 Å². The zero-order chi connectivity index (χ0) is 30.2. The molecule has 2 aromatic carbocycles. The zero-order valence-electron chi connectivity index (χ0n) is 23.6. The van der Waals surface area contributed by atoms with Crippen LogP contribution >= 0.6 is 23.6 Å². The number of thiophene rings is 1. The molecule has 1 amide bonds. The van der Waals surface area contributed by atoms with E-state index in [9.17, 15) is 9.18 Å². The Morgan fingerprint density at radius 2 is 1.84 bits per heavy atom. The number of methoxy groups -OCH3 is 1. The highest BCUT2D eigenvalue weighted by atomic mass is 32.1. The van der Waals surface area contributed by atoms with Crippen LogP contribution in [0, 0.1) is 12.7 Å². The second-order valence-corrected chi connectivity index (χ2v) is 11.2. The van der Waals surface area contributed by atoms with E-state index in [0.29, 0.717) is 23.7 Å². The van der Waals surface area contributed by atoms with Crippen molar-refractivity contribution in [2.45, 2.75) is 19.9 Å². The van der Waals surface area contributed by atoms with Gasteiger partial charge in [-0.1, -0.05) is 18.2 Å². The molecule has 0 saturated carbocycles. The number of pyridine rings is 2. The second kappa shape index (κ2) is 14.3. The molecule has 0 atom stereocenters. The lowest BCUT2D eigenvalue weighted by atomic mass is 10.1. The molecule has 43 heavy (non-hydrogen) atoms. The first-order valence-electron chi connectivity index (χ1n) is 13.6. The summed E-state index contributed by atoms with van der Waals surface area (Å²) in [5, 5.41) is 9.22. The molecule has 5 rings (SSSR count). The number of hydrogen-bond acceptors (Lipinski definition) is 8.